The maximum Gasteiger partial charge on any atom is 0.465 e. The summed E-state index contributed by atoms with van der Waals surface area (Å²) in [6.07, 6.45) is 3.44. The molecule has 0 aromatic heterocycles. The molecule has 5 rings (SSSR count). The quantitative estimate of drug-likeness (QED) is 0.391. The molecule has 1 heterocycles. The number of alkyl halides is 2. The predicted molar refractivity (Wildman–Crippen MR) is 106 cm³/mol. The van der Waals surface area contributed by atoms with Crippen molar-refractivity contribution in [3.8, 4) is 0 Å². The molecule has 1 N–H and O–H groups in total. The lowest BCUT2D eigenvalue weighted by Crippen LogP contribution is -2.59. The van der Waals surface area contributed by atoms with Crippen LogP contribution < -0.4 is 0 Å². The summed E-state index contributed by atoms with van der Waals surface area (Å²) in [6.45, 7) is -0.151. The molecule has 4 aliphatic carbocycles. The number of halogens is 2. The first-order valence-electron chi connectivity index (χ1n) is 10.5. The van der Waals surface area contributed by atoms with Crippen molar-refractivity contribution in [3.05, 3.63) is 0 Å². The smallest absolute Gasteiger partial charge is 0.460 e. The molecule has 1 saturated heterocycles. The Hall–Kier alpha value is -1.02. The number of hydrogen-bond acceptors (Lipinski definition) is 9. The molecule has 0 radical (unpaired) electrons. The molecule has 0 aromatic rings. The molecule has 3 unspecified atom stereocenters. The number of carbonyl (C=O) groups is 2. The van der Waals surface area contributed by atoms with Crippen LogP contribution in [0.5, 0.6) is 0 Å². The minimum Gasteiger partial charge on any atom is -0.460 e. The van der Waals surface area contributed by atoms with Gasteiger partial charge in [0, 0.05) is 11.2 Å². The van der Waals surface area contributed by atoms with E-state index in [1.165, 1.54) is 0 Å². The first kappa shape index (κ1) is 24.1. The van der Waals surface area contributed by atoms with Gasteiger partial charge in [-0.05, 0) is 50.4 Å². The average molecular weight is 501 g/mol. The van der Waals surface area contributed by atoms with Crippen molar-refractivity contribution in [1.29, 1.82) is 0 Å². The van der Waals surface area contributed by atoms with Gasteiger partial charge >= 0.3 is 27.3 Å². The fraction of sp³-hybridized carbons (Fsp3) is 0.895. The highest BCUT2D eigenvalue weighted by atomic mass is 32.2. The van der Waals surface area contributed by atoms with Gasteiger partial charge in [0.2, 0.25) is 6.29 Å². The van der Waals surface area contributed by atoms with Gasteiger partial charge in [-0.15, -0.1) is 0 Å². The van der Waals surface area contributed by atoms with Crippen LogP contribution in [0.4, 0.5) is 8.78 Å². The molecule has 0 spiro atoms. The van der Waals surface area contributed by atoms with Gasteiger partial charge in [-0.1, -0.05) is 0 Å². The van der Waals surface area contributed by atoms with Crippen molar-refractivity contribution in [2.45, 2.75) is 55.7 Å². The zero-order valence-electron chi connectivity index (χ0n) is 17.3. The monoisotopic (exact) mass is 500 g/mol. The Labute approximate surface area is 188 Å². The largest absolute Gasteiger partial charge is 0.465 e. The molecule has 32 heavy (non-hydrogen) atoms. The molecule has 5 fully saturated rings. The standard InChI is InChI=1S/C19H26F2O9S2/c20-19(21,32(24,25)26)16(23)28-11-17-4-12-3-13(5-17)7-18(6-12,10-17)29-8-14(22)30-15-9-31-2-1-27-15/h12-13,15H,1-11H2,(H,24,25,26). The van der Waals surface area contributed by atoms with E-state index in [1.54, 1.807) is 11.8 Å². The zero-order valence-corrected chi connectivity index (χ0v) is 18.9. The van der Waals surface area contributed by atoms with E-state index in [9.17, 15) is 26.8 Å². The number of carbonyl (C=O) groups excluding carboxylic acids is 2. The van der Waals surface area contributed by atoms with Crippen LogP contribution in [0.1, 0.15) is 38.5 Å². The second kappa shape index (κ2) is 8.64. The van der Waals surface area contributed by atoms with Crippen LogP contribution >= 0.6 is 11.8 Å². The SMILES string of the molecule is O=C(COC12CC3CC(CC(COC(=O)C(F)(F)S(=O)(=O)O)(C3)C1)C2)OC1CSCCO1. The van der Waals surface area contributed by atoms with Crippen molar-refractivity contribution in [2.24, 2.45) is 17.3 Å². The minimum atomic E-state index is -5.92. The van der Waals surface area contributed by atoms with Gasteiger partial charge in [-0.2, -0.15) is 29.0 Å². The van der Waals surface area contributed by atoms with E-state index in [-0.39, 0.29) is 18.4 Å². The van der Waals surface area contributed by atoms with Crippen molar-refractivity contribution in [1.82, 2.24) is 0 Å². The summed E-state index contributed by atoms with van der Waals surface area (Å²) in [4.78, 5) is 23.9. The fourth-order valence-electron chi connectivity index (χ4n) is 6.04. The lowest BCUT2D eigenvalue weighted by atomic mass is 9.48. The third-order valence-electron chi connectivity index (χ3n) is 6.74. The second-order valence-corrected chi connectivity index (χ2v) is 12.0. The number of rotatable bonds is 8. The first-order valence-corrected chi connectivity index (χ1v) is 13.1. The molecule has 182 valence electrons. The molecule has 4 bridgehead atoms. The van der Waals surface area contributed by atoms with E-state index in [0.29, 0.717) is 44.5 Å². The number of thioether (sulfide) groups is 1. The van der Waals surface area contributed by atoms with Gasteiger partial charge in [0.15, 0.2) is 0 Å². The van der Waals surface area contributed by atoms with Crippen LogP contribution in [0.15, 0.2) is 0 Å². The zero-order chi connectivity index (χ0) is 23.2. The second-order valence-electron chi connectivity index (χ2n) is 9.37. The van der Waals surface area contributed by atoms with Gasteiger partial charge in [0.25, 0.3) is 0 Å². The summed E-state index contributed by atoms with van der Waals surface area (Å²) in [5.41, 5.74) is -1.29. The Balaban J connectivity index is 1.37. The summed E-state index contributed by atoms with van der Waals surface area (Å²) in [6, 6.07) is 0. The van der Waals surface area contributed by atoms with Gasteiger partial charge in [-0.25, -0.2) is 9.59 Å². The third kappa shape index (κ3) is 4.91. The minimum absolute atomic E-state index is 0.228. The van der Waals surface area contributed by atoms with Gasteiger partial charge in [0.05, 0.1) is 24.6 Å². The van der Waals surface area contributed by atoms with Gasteiger partial charge < -0.3 is 18.9 Å². The lowest BCUT2D eigenvalue weighted by Gasteiger charge is -2.61. The molecule has 1 aliphatic heterocycles. The molecule has 9 nitrogen and oxygen atoms in total. The van der Waals surface area contributed by atoms with Crippen LogP contribution in [-0.2, 0) is 38.7 Å². The highest BCUT2D eigenvalue weighted by Gasteiger charge is 2.60. The lowest BCUT2D eigenvalue weighted by molar-refractivity contribution is -0.219. The summed E-state index contributed by atoms with van der Waals surface area (Å²) < 4.78 is 78.7. The fourth-order valence-corrected chi connectivity index (χ4v) is 7.04. The molecule has 0 aromatic carbocycles. The first-order chi connectivity index (χ1) is 14.9. The summed E-state index contributed by atoms with van der Waals surface area (Å²) in [5, 5.41) is -5.02. The Morgan fingerprint density at radius 3 is 2.47 bits per heavy atom. The van der Waals surface area contributed by atoms with E-state index in [4.69, 9.17) is 23.5 Å². The van der Waals surface area contributed by atoms with Crippen LogP contribution in [0.25, 0.3) is 0 Å². The normalized spacial score (nSPS) is 36.7. The highest BCUT2D eigenvalue weighted by molar-refractivity contribution is 7.99. The van der Waals surface area contributed by atoms with Crippen LogP contribution in [0.2, 0.25) is 0 Å². The predicted octanol–water partition coefficient (Wildman–Crippen LogP) is 2.00. The van der Waals surface area contributed by atoms with Crippen LogP contribution in [-0.4, -0.2) is 73.4 Å². The third-order valence-corrected chi connectivity index (χ3v) is 8.52. The van der Waals surface area contributed by atoms with Crippen molar-refractivity contribution in [2.75, 3.05) is 31.3 Å². The molecule has 0 amide bonds. The number of hydrogen-bond donors (Lipinski definition) is 1. The van der Waals surface area contributed by atoms with E-state index in [0.717, 1.165) is 12.2 Å². The van der Waals surface area contributed by atoms with Crippen LogP contribution in [0, 0.1) is 17.3 Å². The highest BCUT2D eigenvalue weighted by Crippen LogP contribution is 2.62. The van der Waals surface area contributed by atoms with Crippen molar-refractivity contribution < 1.29 is 50.3 Å². The Morgan fingerprint density at radius 1 is 1.19 bits per heavy atom. The molecule has 4 saturated carbocycles. The van der Waals surface area contributed by atoms with E-state index >= 15 is 0 Å². The molecular formula is C19H26F2O9S2. The van der Waals surface area contributed by atoms with Crippen molar-refractivity contribution >= 4 is 33.8 Å². The number of esters is 2. The molecular weight excluding hydrogens is 474 g/mol. The van der Waals surface area contributed by atoms with Gasteiger partial charge in [0.1, 0.15) is 6.61 Å². The summed E-state index contributed by atoms with van der Waals surface area (Å²) >= 11 is 1.63. The molecule has 3 atom stereocenters. The van der Waals surface area contributed by atoms with Crippen molar-refractivity contribution in [3.63, 3.8) is 0 Å². The average Bonchev–Trinajstić information content (AvgIpc) is 2.69. The van der Waals surface area contributed by atoms with E-state index in [2.05, 4.69) is 0 Å². The van der Waals surface area contributed by atoms with E-state index in [1.807, 2.05) is 0 Å². The van der Waals surface area contributed by atoms with Crippen LogP contribution in [0.3, 0.4) is 0 Å². The molecule has 5 aliphatic rings. The molecule has 13 heteroatoms. The maximum absolute atomic E-state index is 13.6. The maximum atomic E-state index is 13.6. The Kier molecular flexibility index (Phi) is 6.51. The Bertz CT molecular complexity index is 843. The van der Waals surface area contributed by atoms with E-state index < -0.39 is 51.2 Å². The Morgan fingerprint density at radius 2 is 1.88 bits per heavy atom. The summed E-state index contributed by atoms with van der Waals surface area (Å²) in [7, 11) is -5.92. The van der Waals surface area contributed by atoms with Gasteiger partial charge in [-0.3, -0.25) is 4.55 Å². The number of ether oxygens (including phenoxy) is 4. The topological polar surface area (TPSA) is 125 Å². The summed E-state index contributed by atoms with van der Waals surface area (Å²) in [5.74, 6) is -0.971.